The van der Waals surface area contributed by atoms with Gasteiger partial charge in [0.15, 0.2) is 0 Å². The molecule has 1 unspecified atom stereocenters. The lowest BCUT2D eigenvalue weighted by Gasteiger charge is -2.14. The molecule has 0 bridgehead atoms. The summed E-state index contributed by atoms with van der Waals surface area (Å²) >= 11 is 0. The van der Waals surface area contributed by atoms with Gasteiger partial charge in [0.2, 0.25) is 0 Å². The molecular weight excluding hydrogens is 386 g/mol. The average molecular weight is 411 g/mol. The van der Waals surface area contributed by atoms with Gasteiger partial charge in [-0.2, -0.15) is 0 Å². The Bertz CT molecular complexity index is 938. The van der Waals surface area contributed by atoms with Gasteiger partial charge >= 0.3 is 5.97 Å². The van der Waals surface area contributed by atoms with Crippen molar-refractivity contribution in [2.24, 2.45) is 0 Å². The van der Waals surface area contributed by atoms with E-state index in [9.17, 15) is 14.4 Å². The Morgan fingerprint density at radius 3 is 2.63 bits per heavy atom. The summed E-state index contributed by atoms with van der Waals surface area (Å²) in [5.41, 5.74) is 1.56. The minimum Gasteiger partial charge on any atom is -0.462 e. The van der Waals surface area contributed by atoms with Crippen LogP contribution in [0.3, 0.4) is 0 Å². The standard InChI is InChI=1S/C22H25N3O5/c1-3-29-22(28)16-10-11-19(24-14(16)2)21(27)25-18-9-5-4-8-17(18)20(26)23-13-15-7-6-12-30-15/h4-5,8-11,15H,3,6-7,12-13H2,1-2H3,(H,23,26)(H,25,27). The Balaban J connectivity index is 1.70. The second-order valence-electron chi connectivity index (χ2n) is 6.89. The average Bonchev–Trinajstić information content (AvgIpc) is 3.26. The van der Waals surface area contributed by atoms with Gasteiger partial charge in [0, 0.05) is 13.2 Å². The first-order valence-electron chi connectivity index (χ1n) is 9.94. The van der Waals surface area contributed by atoms with Gasteiger partial charge in [0.05, 0.1) is 35.2 Å². The highest BCUT2D eigenvalue weighted by Crippen LogP contribution is 2.17. The number of nitrogens with zero attached hydrogens (tertiary/aromatic N) is 1. The van der Waals surface area contributed by atoms with E-state index in [1.165, 1.54) is 12.1 Å². The number of benzene rings is 1. The molecule has 0 aliphatic carbocycles. The van der Waals surface area contributed by atoms with Gasteiger partial charge < -0.3 is 20.1 Å². The quantitative estimate of drug-likeness (QED) is 0.679. The highest BCUT2D eigenvalue weighted by Gasteiger charge is 2.20. The van der Waals surface area contributed by atoms with Crippen LogP contribution in [0.1, 0.15) is 56.7 Å². The van der Waals surface area contributed by atoms with E-state index < -0.39 is 11.9 Å². The van der Waals surface area contributed by atoms with Crippen molar-refractivity contribution < 1.29 is 23.9 Å². The first-order chi connectivity index (χ1) is 14.5. The molecule has 1 fully saturated rings. The van der Waals surface area contributed by atoms with Gasteiger partial charge in [0.25, 0.3) is 11.8 Å². The van der Waals surface area contributed by atoms with Crippen molar-refractivity contribution in [3.63, 3.8) is 0 Å². The zero-order valence-electron chi connectivity index (χ0n) is 17.1. The summed E-state index contributed by atoms with van der Waals surface area (Å²) in [6.45, 7) is 4.75. The largest absolute Gasteiger partial charge is 0.462 e. The number of hydrogen-bond acceptors (Lipinski definition) is 6. The van der Waals surface area contributed by atoms with Crippen LogP contribution in [0.15, 0.2) is 36.4 Å². The highest BCUT2D eigenvalue weighted by molar-refractivity contribution is 6.08. The topological polar surface area (TPSA) is 107 Å². The van der Waals surface area contributed by atoms with Gasteiger partial charge in [-0.1, -0.05) is 12.1 Å². The van der Waals surface area contributed by atoms with E-state index in [0.29, 0.717) is 35.7 Å². The highest BCUT2D eigenvalue weighted by atomic mass is 16.5. The Labute approximate surface area is 175 Å². The minimum absolute atomic E-state index is 0.0285. The first-order valence-corrected chi connectivity index (χ1v) is 9.94. The molecule has 1 atom stereocenters. The number of hydrogen-bond donors (Lipinski definition) is 2. The Kier molecular flexibility index (Phi) is 7.13. The maximum atomic E-state index is 12.7. The van der Waals surface area contributed by atoms with E-state index in [0.717, 1.165) is 12.8 Å². The third kappa shape index (κ3) is 5.21. The number of amides is 2. The molecule has 2 aromatic rings. The van der Waals surface area contributed by atoms with Crippen molar-refractivity contribution in [3.8, 4) is 0 Å². The Morgan fingerprint density at radius 2 is 1.93 bits per heavy atom. The molecule has 1 saturated heterocycles. The van der Waals surface area contributed by atoms with Crippen molar-refractivity contribution in [2.75, 3.05) is 25.1 Å². The number of nitrogens with one attached hydrogen (secondary N) is 2. The number of aromatic nitrogens is 1. The predicted octanol–water partition coefficient (Wildman–Crippen LogP) is 2.73. The number of esters is 1. The lowest BCUT2D eigenvalue weighted by Crippen LogP contribution is -2.32. The van der Waals surface area contributed by atoms with Crippen molar-refractivity contribution in [1.29, 1.82) is 0 Å². The van der Waals surface area contributed by atoms with Crippen LogP contribution >= 0.6 is 0 Å². The van der Waals surface area contributed by atoms with E-state index in [-0.39, 0.29) is 24.3 Å². The number of pyridine rings is 1. The molecular formula is C22H25N3O5. The summed E-state index contributed by atoms with van der Waals surface area (Å²) in [6.07, 6.45) is 1.95. The molecule has 3 rings (SSSR count). The fourth-order valence-electron chi connectivity index (χ4n) is 3.20. The molecule has 1 aliphatic rings. The van der Waals surface area contributed by atoms with Crippen LogP contribution in [-0.4, -0.2) is 48.6 Å². The molecule has 0 radical (unpaired) electrons. The van der Waals surface area contributed by atoms with Gasteiger partial charge in [-0.05, 0) is 51.0 Å². The number of ether oxygens (including phenoxy) is 2. The van der Waals surface area contributed by atoms with Crippen LogP contribution < -0.4 is 10.6 Å². The summed E-state index contributed by atoms with van der Waals surface area (Å²) < 4.78 is 10.5. The maximum Gasteiger partial charge on any atom is 0.339 e. The van der Waals surface area contributed by atoms with Gasteiger partial charge in [-0.25, -0.2) is 9.78 Å². The number of carbonyl (C=O) groups is 3. The fraction of sp³-hybridized carbons (Fsp3) is 0.364. The molecule has 0 saturated carbocycles. The molecule has 8 nitrogen and oxygen atoms in total. The number of para-hydroxylation sites is 1. The van der Waals surface area contributed by atoms with E-state index >= 15 is 0 Å². The van der Waals surface area contributed by atoms with Crippen LogP contribution in [0, 0.1) is 6.92 Å². The third-order valence-electron chi connectivity index (χ3n) is 4.75. The fourth-order valence-corrected chi connectivity index (χ4v) is 3.20. The SMILES string of the molecule is CCOC(=O)c1ccc(C(=O)Nc2ccccc2C(=O)NCC2CCCO2)nc1C. The molecule has 1 aromatic carbocycles. The Morgan fingerprint density at radius 1 is 1.13 bits per heavy atom. The summed E-state index contributed by atoms with van der Waals surface area (Å²) in [5, 5.41) is 5.58. The van der Waals surface area contributed by atoms with E-state index in [4.69, 9.17) is 9.47 Å². The van der Waals surface area contributed by atoms with Crippen LogP contribution in [0.5, 0.6) is 0 Å². The lowest BCUT2D eigenvalue weighted by molar-refractivity contribution is 0.0524. The second kappa shape index (κ2) is 9.98. The molecule has 2 heterocycles. The van der Waals surface area contributed by atoms with Gasteiger partial charge in [-0.15, -0.1) is 0 Å². The predicted molar refractivity (Wildman–Crippen MR) is 111 cm³/mol. The zero-order chi connectivity index (χ0) is 21.5. The second-order valence-corrected chi connectivity index (χ2v) is 6.89. The molecule has 1 aliphatic heterocycles. The molecule has 1 aromatic heterocycles. The first kappa shape index (κ1) is 21.4. The zero-order valence-corrected chi connectivity index (χ0v) is 17.1. The summed E-state index contributed by atoms with van der Waals surface area (Å²) in [4.78, 5) is 41.4. The maximum absolute atomic E-state index is 12.7. The molecule has 0 spiro atoms. The van der Waals surface area contributed by atoms with E-state index in [2.05, 4.69) is 15.6 Å². The van der Waals surface area contributed by atoms with Crippen LogP contribution in [0.4, 0.5) is 5.69 Å². The van der Waals surface area contributed by atoms with Crippen molar-refractivity contribution in [3.05, 3.63) is 58.9 Å². The Hall–Kier alpha value is -3.26. The molecule has 8 heteroatoms. The van der Waals surface area contributed by atoms with Gasteiger partial charge in [-0.3, -0.25) is 9.59 Å². The number of rotatable bonds is 7. The monoisotopic (exact) mass is 411 g/mol. The normalized spacial score (nSPS) is 15.5. The van der Waals surface area contributed by atoms with Crippen LogP contribution in [0.25, 0.3) is 0 Å². The number of carbonyl (C=O) groups excluding carboxylic acids is 3. The van der Waals surface area contributed by atoms with Crippen LogP contribution in [0.2, 0.25) is 0 Å². The summed E-state index contributed by atoms with van der Waals surface area (Å²) in [6, 6.07) is 9.72. The third-order valence-corrected chi connectivity index (χ3v) is 4.75. The van der Waals surface area contributed by atoms with E-state index in [1.54, 1.807) is 38.1 Å². The van der Waals surface area contributed by atoms with Crippen molar-refractivity contribution >= 4 is 23.5 Å². The molecule has 158 valence electrons. The molecule has 2 N–H and O–H groups in total. The molecule has 30 heavy (non-hydrogen) atoms. The minimum atomic E-state index is -0.484. The number of aryl methyl sites for hydroxylation is 1. The number of anilines is 1. The lowest BCUT2D eigenvalue weighted by atomic mass is 10.1. The molecule has 2 amide bonds. The van der Waals surface area contributed by atoms with Crippen molar-refractivity contribution in [1.82, 2.24) is 10.3 Å². The van der Waals surface area contributed by atoms with E-state index in [1.807, 2.05) is 0 Å². The smallest absolute Gasteiger partial charge is 0.339 e. The van der Waals surface area contributed by atoms with Crippen molar-refractivity contribution in [2.45, 2.75) is 32.8 Å². The summed E-state index contributed by atoms with van der Waals surface area (Å²) in [7, 11) is 0. The van der Waals surface area contributed by atoms with Crippen LogP contribution in [-0.2, 0) is 9.47 Å². The summed E-state index contributed by atoms with van der Waals surface area (Å²) in [5.74, 6) is -1.25. The van der Waals surface area contributed by atoms with Gasteiger partial charge in [0.1, 0.15) is 5.69 Å².